The van der Waals surface area contributed by atoms with Gasteiger partial charge in [-0.05, 0) is 37.0 Å². The van der Waals surface area contributed by atoms with Gasteiger partial charge < -0.3 is 20.1 Å². The predicted molar refractivity (Wildman–Crippen MR) is 122 cm³/mol. The zero-order valence-electron chi connectivity index (χ0n) is 18.4. The fraction of sp³-hybridized carbons (Fsp3) is 0.458. The first-order valence-corrected chi connectivity index (χ1v) is 11.5. The third kappa shape index (κ3) is 3.65. The highest BCUT2D eigenvalue weighted by Crippen LogP contribution is 2.35. The molecule has 0 unspecified atom stereocenters. The van der Waals surface area contributed by atoms with Crippen LogP contribution in [0.4, 0.5) is 10.2 Å². The lowest BCUT2D eigenvalue weighted by Crippen LogP contribution is -2.55. The number of fused-ring (bicyclic) bond motifs is 2. The van der Waals surface area contributed by atoms with Gasteiger partial charge in [0.25, 0.3) is 0 Å². The Morgan fingerprint density at radius 2 is 2.03 bits per heavy atom. The van der Waals surface area contributed by atoms with Crippen molar-refractivity contribution in [3.63, 3.8) is 0 Å². The molecule has 3 saturated heterocycles. The second-order valence-electron chi connectivity index (χ2n) is 9.30. The number of benzene rings is 1. The quantitative estimate of drug-likeness (QED) is 0.618. The Labute approximate surface area is 191 Å². The number of anilines is 1. The maximum absolute atomic E-state index is 14.9. The van der Waals surface area contributed by atoms with Gasteiger partial charge in [-0.1, -0.05) is 6.07 Å². The molecule has 33 heavy (non-hydrogen) atoms. The highest BCUT2D eigenvalue weighted by molar-refractivity contribution is 5.73. The van der Waals surface area contributed by atoms with Crippen LogP contribution in [0.1, 0.15) is 25.3 Å². The maximum atomic E-state index is 14.9. The summed E-state index contributed by atoms with van der Waals surface area (Å²) in [5.41, 5.74) is 2.98. The summed E-state index contributed by atoms with van der Waals surface area (Å²) >= 11 is 0. The van der Waals surface area contributed by atoms with E-state index in [2.05, 4.69) is 20.4 Å². The second-order valence-corrected chi connectivity index (χ2v) is 9.30. The van der Waals surface area contributed by atoms with E-state index in [0.717, 1.165) is 30.4 Å². The molecule has 0 spiro atoms. The summed E-state index contributed by atoms with van der Waals surface area (Å²) in [5, 5.41) is 18.5. The van der Waals surface area contributed by atoms with Crippen LogP contribution in [0, 0.1) is 0 Å². The topological polar surface area (TPSA) is 88.3 Å². The first-order chi connectivity index (χ1) is 16.1. The fourth-order valence-electron chi connectivity index (χ4n) is 5.15. The van der Waals surface area contributed by atoms with Gasteiger partial charge in [0.2, 0.25) is 0 Å². The minimum atomic E-state index is -0.923. The van der Waals surface area contributed by atoms with Crippen molar-refractivity contribution >= 4 is 5.82 Å². The SMILES string of the molecule is CN(c1cnc(-c2ccc(-c3cnn(C4COC4)c3)cc2O)cn1)[C@H]1C[C@@H]2CC[C@@H](N2)[C@H]1F. The summed E-state index contributed by atoms with van der Waals surface area (Å²) in [6, 6.07) is 5.89. The van der Waals surface area contributed by atoms with Gasteiger partial charge in [-0.2, -0.15) is 5.10 Å². The average molecular weight is 451 g/mol. The van der Waals surface area contributed by atoms with Crippen molar-refractivity contribution in [1.29, 1.82) is 0 Å². The van der Waals surface area contributed by atoms with E-state index in [0.29, 0.717) is 36.3 Å². The van der Waals surface area contributed by atoms with Gasteiger partial charge >= 0.3 is 0 Å². The molecule has 6 rings (SSSR count). The van der Waals surface area contributed by atoms with Gasteiger partial charge in [-0.25, -0.2) is 9.37 Å². The van der Waals surface area contributed by atoms with E-state index < -0.39 is 6.17 Å². The number of rotatable bonds is 5. The van der Waals surface area contributed by atoms with Crippen molar-refractivity contribution < 1.29 is 14.2 Å². The third-order valence-corrected chi connectivity index (χ3v) is 7.25. The average Bonchev–Trinajstić information content (AvgIpc) is 3.43. The highest BCUT2D eigenvalue weighted by atomic mass is 19.1. The molecule has 0 radical (unpaired) electrons. The Balaban J connectivity index is 1.19. The Morgan fingerprint density at radius 1 is 1.15 bits per heavy atom. The Morgan fingerprint density at radius 3 is 2.76 bits per heavy atom. The predicted octanol–water partition coefficient (Wildman–Crippen LogP) is 2.95. The number of alkyl halides is 1. The van der Waals surface area contributed by atoms with Crippen molar-refractivity contribution in [2.45, 2.75) is 49.6 Å². The van der Waals surface area contributed by atoms with E-state index in [1.54, 1.807) is 24.7 Å². The van der Waals surface area contributed by atoms with Gasteiger partial charge in [-0.15, -0.1) is 0 Å². The molecular weight excluding hydrogens is 423 g/mol. The van der Waals surface area contributed by atoms with Crippen LogP contribution < -0.4 is 10.2 Å². The largest absolute Gasteiger partial charge is 0.507 e. The number of phenols is 1. The Hall–Kier alpha value is -3.04. The van der Waals surface area contributed by atoms with Crippen molar-refractivity contribution in [1.82, 2.24) is 25.1 Å². The van der Waals surface area contributed by atoms with E-state index >= 15 is 0 Å². The van der Waals surface area contributed by atoms with Gasteiger partial charge in [0.05, 0.1) is 49.6 Å². The molecule has 172 valence electrons. The number of hydrogen-bond donors (Lipinski definition) is 2. The van der Waals surface area contributed by atoms with Gasteiger partial charge in [0, 0.05) is 36.5 Å². The smallest absolute Gasteiger partial charge is 0.147 e. The number of nitrogens with one attached hydrogen (secondary N) is 1. The van der Waals surface area contributed by atoms with Crippen molar-refractivity contribution in [3.05, 3.63) is 43.0 Å². The summed E-state index contributed by atoms with van der Waals surface area (Å²) in [6.07, 6.45) is 8.83. The van der Waals surface area contributed by atoms with Crippen LogP contribution in [-0.2, 0) is 4.74 Å². The standard InChI is InChI=1S/C24H27FN6O2/c1-30(21-7-16-3-5-19(29-16)24(21)25)23-10-26-20(9-27-23)18-4-2-14(6-22(18)32)15-8-28-31(11-15)17-12-33-13-17/h2,4,6,8-11,16-17,19,21,24,29,32H,3,5,7,12-13H2,1H3/t16-,19+,21-,24+/m0/s1. The maximum Gasteiger partial charge on any atom is 0.147 e. The zero-order chi connectivity index (χ0) is 22.5. The fourth-order valence-corrected chi connectivity index (χ4v) is 5.15. The molecule has 2 aromatic heterocycles. The summed E-state index contributed by atoms with van der Waals surface area (Å²) in [7, 11) is 1.88. The molecule has 0 amide bonds. The molecule has 0 saturated carbocycles. The molecule has 0 aliphatic carbocycles. The summed E-state index contributed by atoms with van der Waals surface area (Å²) < 4.78 is 22.0. The van der Waals surface area contributed by atoms with Crippen LogP contribution >= 0.6 is 0 Å². The van der Waals surface area contributed by atoms with Crippen molar-refractivity contribution in [3.8, 4) is 28.1 Å². The Bertz CT molecular complexity index is 1150. The Kier molecular flexibility index (Phi) is 5.03. The number of nitrogens with zero attached hydrogens (tertiary/aromatic N) is 5. The van der Waals surface area contributed by atoms with Crippen LogP contribution in [0.3, 0.4) is 0 Å². The highest BCUT2D eigenvalue weighted by Gasteiger charge is 2.43. The number of piperidine rings is 1. The van der Waals surface area contributed by atoms with Gasteiger partial charge in [-0.3, -0.25) is 9.67 Å². The molecule has 5 heterocycles. The molecule has 3 fully saturated rings. The number of halogens is 1. The van der Waals surface area contributed by atoms with E-state index in [1.807, 2.05) is 35.0 Å². The normalized spacial score (nSPS) is 26.8. The van der Waals surface area contributed by atoms with Crippen LogP contribution in [0.15, 0.2) is 43.0 Å². The molecule has 3 aliphatic heterocycles. The minimum absolute atomic E-state index is 0.0620. The number of hydrogen-bond acceptors (Lipinski definition) is 7. The number of ether oxygens (including phenoxy) is 1. The van der Waals surface area contributed by atoms with Gasteiger partial charge in [0.1, 0.15) is 17.7 Å². The summed E-state index contributed by atoms with van der Waals surface area (Å²) in [6.45, 7) is 1.36. The lowest BCUT2D eigenvalue weighted by atomic mass is 9.96. The molecule has 9 heteroatoms. The number of phenolic OH excluding ortho intramolecular Hbond substituents is 1. The van der Waals surface area contributed by atoms with Crippen LogP contribution in [0.25, 0.3) is 22.4 Å². The lowest BCUT2D eigenvalue weighted by molar-refractivity contribution is -0.0286. The lowest BCUT2D eigenvalue weighted by Gasteiger charge is -2.38. The van der Waals surface area contributed by atoms with Crippen molar-refractivity contribution in [2.75, 3.05) is 25.2 Å². The van der Waals surface area contributed by atoms with E-state index in [1.165, 1.54) is 0 Å². The third-order valence-electron chi connectivity index (χ3n) is 7.25. The zero-order valence-corrected chi connectivity index (χ0v) is 18.4. The van der Waals surface area contributed by atoms with E-state index in [-0.39, 0.29) is 23.9 Å². The van der Waals surface area contributed by atoms with Crippen LogP contribution in [-0.4, -0.2) is 69.4 Å². The minimum Gasteiger partial charge on any atom is -0.507 e. The van der Waals surface area contributed by atoms with Crippen LogP contribution in [0.2, 0.25) is 0 Å². The van der Waals surface area contributed by atoms with Gasteiger partial charge in [0.15, 0.2) is 0 Å². The molecule has 3 aliphatic rings. The van der Waals surface area contributed by atoms with E-state index in [9.17, 15) is 9.50 Å². The molecule has 2 N–H and O–H groups in total. The molecule has 8 nitrogen and oxygen atoms in total. The summed E-state index contributed by atoms with van der Waals surface area (Å²) in [4.78, 5) is 11.0. The van der Waals surface area contributed by atoms with E-state index in [4.69, 9.17) is 4.74 Å². The first-order valence-electron chi connectivity index (χ1n) is 11.5. The molecule has 3 aromatic rings. The number of aromatic hydroxyl groups is 1. The van der Waals surface area contributed by atoms with Crippen molar-refractivity contribution in [2.24, 2.45) is 0 Å². The molecule has 2 bridgehead atoms. The molecule has 1 aromatic carbocycles. The molecule has 4 atom stereocenters. The first kappa shape index (κ1) is 20.6. The molecular formula is C24H27FN6O2. The second kappa shape index (κ2) is 8.07. The number of aromatic nitrogens is 4. The monoisotopic (exact) mass is 450 g/mol. The van der Waals surface area contributed by atoms with Crippen LogP contribution in [0.5, 0.6) is 5.75 Å². The summed E-state index contributed by atoms with van der Waals surface area (Å²) in [5.74, 6) is 0.762.